The molecule has 0 aromatic heterocycles. The molecule has 0 aromatic rings. The Labute approximate surface area is 58.1 Å². The van der Waals surface area contributed by atoms with E-state index in [-0.39, 0.29) is 6.10 Å². The molecule has 0 fully saturated rings. The molecule has 1 heteroatoms. The van der Waals surface area contributed by atoms with Crippen LogP contribution in [0.15, 0.2) is 0 Å². The van der Waals surface area contributed by atoms with E-state index in [2.05, 4.69) is 13.8 Å². The quantitative estimate of drug-likeness (QED) is 0.618. The third-order valence-corrected chi connectivity index (χ3v) is 1.84. The van der Waals surface area contributed by atoms with Gasteiger partial charge in [-0.25, -0.2) is 0 Å². The second-order valence-electron chi connectivity index (χ2n) is 2.86. The lowest BCUT2D eigenvalue weighted by molar-refractivity contribution is 0.128. The number of hydrogen-bond donors (Lipinski definition) is 1. The third-order valence-electron chi connectivity index (χ3n) is 1.84. The van der Waals surface area contributed by atoms with Gasteiger partial charge in [0.25, 0.3) is 0 Å². The molecule has 9 heavy (non-hydrogen) atoms. The van der Waals surface area contributed by atoms with Gasteiger partial charge in [0.1, 0.15) is 0 Å². The van der Waals surface area contributed by atoms with Crippen molar-refractivity contribution in [2.45, 2.75) is 46.1 Å². The maximum absolute atomic E-state index is 9.05. The normalized spacial score (nSPS) is 17.3. The van der Waals surface area contributed by atoms with Crippen molar-refractivity contribution >= 4 is 0 Å². The summed E-state index contributed by atoms with van der Waals surface area (Å²) in [5, 5.41) is 9.05. The Morgan fingerprint density at radius 1 is 1.33 bits per heavy atom. The summed E-state index contributed by atoms with van der Waals surface area (Å²) in [7, 11) is 0. The zero-order valence-electron chi connectivity index (χ0n) is 6.72. The molecule has 56 valence electrons. The van der Waals surface area contributed by atoms with Gasteiger partial charge in [0, 0.05) is 0 Å². The molecular weight excluding hydrogens is 112 g/mol. The fourth-order valence-electron chi connectivity index (χ4n) is 0.767. The molecule has 1 nitrogen and oxygen atoms in total. The van der Waals surface area contributed by atoms with Crippen LogP contribution in [-0.2, 0) is 0 Å². The number of aliphatic hydroxyl groups is 1. The first-order chi connectivity index (χ1) is 4.18. The Morgan fingerprint density at radius 3 is 2.22 bits per heavy atom. The van der Waals surface area contributed by atoms with Crippen molar-refractivity contribution in [1.29, 1.82) is 0 Å². The lowest BCUT2D eigenvalue weighted by atomic mass is 10.00. The Hall–Kier alpha value is -0.0400. The highest BCUT2D eigenvalue weighted by Gasteiger charge is 2.06. The fourth-order valence-corrected chi connectivity index (χ4v) is 0.767. The van der Waals surface area contributed by atoms with Gasteiger partial charge < -0.3 is 5.11 Å². The van der Waals surface area contributed by atoms with Crippen LogP contribution in [0.3, 0.4) is 0 Å². The van der Waals surface area contributed by atoms with Gasteiger partial charge in [-0.3, -0.25) is 0 Å². The van der Waals surface area contributed by atoms with Crippen molar-refractivity contribution in [1.82, 2.24) is 0 Å². The number of aliphatic hydroxyl groups excluding tert-OH is 1. The summed E-state index contributed by atoms with van der Waals surface area (Å²) < 4.78 is 0. The van der Waals surface area contributed by atoms with Gasteiger partial charge in [-0.05, 0) is 19.3 Å². The molecule has 0 saturated carbocycles. The van der Waals surface area contributed by atoms with Gasteiger partial charge >= 0.3 is 0 Å². The van der Waals surface area contributed by atoms with Crippen LogP contribution in [0.4, 0.5) is 0 Å². The minimum absolute atomic E-state index is 0.128. The van der Waals surface area contributed by atoms with Gasteiger partial charge in [0.15, 0.2) is 0 Å². The Morgan fingerprint density at radius 2 is 1.89 bits per heavy atom. The minimum Gasteiger partial charge on any atom is -0.393 e. The fraction of sp³-hybridized carbons (Fsp3) is 1.00. The molecule has 2 atom stereocenters. The zero-order valence-corrected chi connectivity index (χ0v) is 6.72. The van der Waals surface area contributed by atoms with Crippen LogP contribution in [0.5, 0.6) is 0 Å². The van der Waals surface area contributed by atoms with E-state index in [4.69, 9.17) is 5.11 Å². The number of hydrogen-bond acceptors (Lipinski definition) is 1. The predicted octanol–water partition coefficient (Wildman–Crippen LogP) is 2.19. The van der Waals surface area contributed by atoms with Crippen LogP contribution in [0.1, 0.15) is 40.0 Å². The number of unbranched alkanes of at least 4 members (excludes halogenated alkanes) is 1. The molecule has 0 spiro atoms. The first-order valence-corrected chi connectivity index (χ1v) is 3.86. The summed E-state index contributed by atoms with van der Waals surface area (Å²) in [6.45, 7) is 6.13. The van der Waals surface area contributed by atoms with E-state index < -0.39 is 0 Å². The Bertz CT molecular complexity index is 59.6. The molecule has 0 amide bonds. The summed E-state index contributed by atoms with van der Waals surface area (Å²) in [6, 6.07) is 0. The number of rotatable bonds is 4. The van der Waals surface area contributed by atoms with Crippen molar-refractivity contribution in [2.24, 2.45) is 5.92 Å². The first-order valence-electron chi connectivity index (χ1n) is 3.86. The molecule has 0 aliphatic carbocycles. The van der Waals surface area contributed by atoms with Gasteiger partial charge in [0.05, 0.1) is 6.10 Å². The van der Waals surface area contributed by atoms with E-state index >= 15 is 0 Å². The minimum atomic E-state index is -0.128. The summed E-state index contributed by atoms with van der Waals surface area (Å²) >= 11 is 0. The molecule has 1 unspecified atom stereocenters. The predicted molar refractivity (Wildman–Crippen MR) is 40.4 cm³/mol. The molecule has 0 radical (unpaired) electrons. The second-order valence-corrected chi connectivity index (χ2v) is 2.86. The third kappa shape index (κ3) is 4.46. The molecule has 0 aromatic carbocycles. The zero-order chi connectivity index (χ0) is 7.28. The molecule has 0 bridgehead atoms. The van der Waals surface area contributed by atoms with Gasteiger partial charge in [0.2, 0.25) is 0 Å². The van der Waals surface area contributed by atoms with Crippen molar-refractivity contribution < 1.29 is 5.11 Å². The van der Waals surface area contributed by atoms with E-state index in [9.17, 15) is 0 Å². The van der Waals surface area contributed by atoms with E-state index in [1.54, 1.807) is 0 Å². The topological polar surface area (TPSA) is 20.2 Å². The first kappa shape index (κ1) is 8.96. The Balaban J connectivity index is 3.16. The maximum Gasteiger partial charge on any atom is 0.0537 e. The van der Waals surface area contributed by atoms with Crippen LogP contribution in [0.2, 0.25) is 0 Å². The van der Waals surface area contributed by atoms with E-state index in [1.807, 2.05) is 6.92 Å². The molecule has 0 heterocycles. The van der Waals surface area contributed by atoms with Gasteiger partial charge in [-0.2, -0.15) is 0 Å². The largest absolute Gasteiger partial charge is 0.393 e. The maximum atomic E-state index is 9.05. The molecule has 1 N–H and O–H groups in total. The van der Waals surface area contributed by atoms with Crippen LogP contribution in [-0.4, -0.2) is 11.2 Å². The SMILES string of the molecule is CCCC[C@@H](C)C(C)O. The van der Waals surface area contributed by atoms with E-state index in [0.29, 0.717) is 5.92 Å². The molecule has 0 aliphatic heterocycles. The van der Waals surface area contributed by atoms with Crippen LogP contribution < -0.4 is 0 Å². The summed E-state index contributed by atoms with van der Waals surface area (Å²) in [4.78, 5) is 0. The van der Waals surface area contributed by atoms with Crippen molar-refractivity contribution in [3.63, 3.8) is 0 Å². The second kappa shape index (κ2) is 4.80. The summed E-state index contributed by atoms with van der Waals surface area (Å²) in [6.07, 6.45) is 3.51. The Kier molecular flexibility index (Phi) is 4.78. The lowest BCUT2D eigenvalue weighted by Crippen LogP contribution is -2.12. The summed E-state index contributed by atoms with van der Waals surface area (Å²) in [5.41, 5.74) is 0. The highest BCUT2D eigenvalue weighted by molar-refractivity contribution is 4.57. The molecular formula is C8H18O. The van der Waals surface area contributed by atoms with Crippen LogP contribution in [0, 0.1) is 5.92 Å². The highest BCUT2D eigenvalue weighted by Crippen LogP contribution is 2.10. The van der Waals surface area contributed by atoms with Crippen molar-refractivity contribution in [3.05, 3.63) is 0 Å². The highest BCUT2D eigenvalue weighted by atomic mass is 16.3. The average molecular weight is 130 g/mol. The molecule has 0 rings (SSSR count). The smallest absolute Gasteiger partial charge is 0.0537 e. The van der Waals surface area contributed by atoms with Gasteiger partial charge in [-0.1, -0.05) is 26.7 Å². The van der Waals surface area contributed by atoms with Crippen LogP contribution >= 0.6 is 0 Å². The van der Waals surface area contributed by atoms with E-state index in [0.717, 1.165) is 6.42 Å². The standard InChI is InChI=1S/C8H18O/c1-4-5-6-7(2)8(3)9/h7-9H,4-6H2,1-3H3/t7-,8?/m1/s1. The molecule has 0 aliphatic rings. The van der Waals surface area contributed by atoms with E-state index in [1.165, 1.54) is 12.8 Å². The average Bonchev–Trinajstić information content (AvgIpc) is 1.82. The van der Waals surface area contributed by atoms with Crippen molar-refractivity contribution in [2.75, 3.05) is 0 Å². The monoisotopic (exact) mass is 130 g/mol. The summed E-state index contributed by atoms with van der Waals surface area (Å²) in [5.74, 6) is 0.477. The van der Waals surface area contributed by atoms with Crippen molar-refractivity contribution in [3.8, 4) is 0 Å². The molecule has 0 saturated heterocycles. The lowest BCUT2D eigenvalue weighted by Gasteiger charge is -2.12. The van der Waals surface area contributed by atoms with Gasteiger partial charge in [-0.15, -0.1) is 0 Å². The van der Waals surface area contributed by atoms with Crippen LogP contribution in [0.25, 0.3) is 0 Å².